The van der Waals surface area contributed by atoms with Gasteiger partial charge in [0.1, 0.15) is 5.82 Å². The van der Waals surface area contributed by atoms with Gasteiger partial charge in [0.05, 0.1) is 0 Å². The van der Waals surface area contributed by atoms with E-state index in [9.17, 15) is 4.39 Å². The van der Waals surface area contributed by atoms with Crippen molar-refractivity contribution in [3.05, 3.63) is 35.6 Å². The number of rotatable bonds is 3. The minimum Gasteiger partial charge on any atom is -0.323 e. The smallest absolute Gasteiger partial charge is 0.123 e. The first-order chi connectivity index (χ1) is 9.86. The second kappa shape index (κ2) is 6.89. The summed E-state index contributed by atoms with van der Waals surface area (Å²) >= 11 is 0. The Balaban J connectivity index is 1.91. The Morgan fingerprint density at radius 1 is 1.29 bits per heavy atom. The highest BCUT2D eigenvalue weighted by molar-refractivity contribution is 5.20. The van der Waals surface area contributed by atoms with E-state index in [1.165, 1.54) is 25.3 Å². The predicted molar refractivity (Wildman–Crippen MR) is 86.6 cm³/mol. The molecule has 2 N–H and O–H groups in total. The normalized spacial score (nSPS) is 22.8. The maximum Gasteiger partial charge on any atom is 0.123 e. The van der Waals surface area contributed by atoms with E-state index in [2.05, 4.69) is 25.7 Å². The van der Waals surface area contributed by atoms with Crippen LogP contribution in [0.5, 0.6) is 0 Å². The van der Waals surface area contributed by atoms with Crippen LogP contribution < -0.4 is 5.73 Å². The molecule has 0 bridgehead atoms. The number of halogens is 1. The molecule has 0 spiro atoms. The van der Waals surface area contributed by atoms with Crippen molar-refractivity contribution in [3.63, 3.8) is 0 Å². The largest absolute Gasteiger partial charge is 0.323 e. The molecule has 0 amide bonds. The van der Waals surface area contributed by atoms with Crippen LogP contribution in [0.4, 0.5) is 4.39 Å². The lowest BCUT2D eigenvalue weighted by Crippen LogP contribution is -2.33. The van der Waals surface area contributed by atoms with Crippen molar-refractivity contribution in [2.45, 2.75) is 46.1 Å². The first-order valence-electron chi connectivity index (χ1n) is 8.09. The van der Waals surface area contributed by atoms with E-state index in [0.717, 1.165) is 31.1 Å². The molecular formula is C18H29FN2. The zero-order valence-corrected chi connectivity index (χ0v) is 13.6. The Hall–Kier alpha value is -0.930. The van der Waals surface area contributed by atoms with Crippen LogP contribution in [0.1, 0.15) is 51.6 Å². The Labute approximate surface area is 128 Å². The van der Waals surface area contributed by atoms with Gasteiger partial charge in [-0.25, -0.2) is 4.39 Å². The highest BCUT2D eigenvalue weighted by Crippen LogP contribution is 2.34. The van der Waals surface area contributed by atoms with Gasteiger partial charge >= 0.3 is 0 Å². The van der Waals surface area contributed by atoms with Gasteiger partial charge in [-0.15, -0.1) is 0 Å². The third-order valence-corrected chi connectivity index (χ3v) is 4.78. The average Bonchev–Trinajstić information content (AvgIpc) is 2.64. The molecule has 1 fully saturated rings. The van der Waals surface area contributed by atoms with Crippen LogP contribution >= 0.6 is 0 Å². The highest BCUT2D eigenvalue weighted by atomic mass is 19.1. The number of hydrogen-bond acceptors (Lipinski definition) is 2. The van der Waals surface area contributed by atoms with Crippen LogP contribution in [0, 0.1) is 17.2 Å². The molecule has 2 atom stereocenters. The van der Waals surface area contributed by atoms with Gasteiger partial charge in [-0.1, -0.05) is 32.9 Å². The number of hydrogen-bond donors (Lipinski definition) is 1. The molecule has 1 aromatic carbocycles. The summed E-state index contributed by atoms with van der Waals surface area (Å²) in [5.41, 5.74) is 7.54. The zero-order valence-electron chi connectivity index (χ0n) is 13.6. The molecule has 3 heteroatoms. The van der Waals surface area contributed by atoms with Crippen LogP contribution in [0.15, 0.2) is 24.3 Å². The van der Waals surface area contributed by atoms with Gasteiger partial charge in [0.15, 0.2) is 0 Å². The van der Waals surface area contributed by atoms with Crippen LogP contribution in [-0.2, 0) is 0 Å². The molecule has 118 valence electrons. The van der Waals surface area contributed by atoms with Gasteiger partial charge in [-0.05, 0) is 61.4 Å². The molecule has 1 heterocycles. The van der Waals surface area contributed by atoms with E-state index < -0.39 is 0 Å². The fourth-order valence-electron chi connectivity index (χ4n) is 3.33. The molecule has 1 aromatic rings. The summed E-state index contributed by atoms with van der Waals surface area (Å²) in [5.74, 6) is 0.583. The fraction of sp³-hybridized carbons (Fsp3) is 0.667. The standard InChI is InChI=1S/C18H29FN2/c1-18(2,3)15-7-5-10-21(11-9-15)13-17(20)14-6-4-8-16(19)12-14/h4,6,8,12,15,17H,5,7,9-11,13,20H2,1-3H3. The Morgan fingerprint density at radius 2 is 2.05 bits per heavy atom. The minimum atomic E-state index is -0.202. The zero-order chi connectivity index (χ0) is 15.5. The van der Waals surface area contributed by atoms with E-state index in [1.807, 2.05) is 6.07 Å². The van der Waals surface area contributed by atoms with Gasteiger partial charge in [-0.3, -0.25) is 0 Å². The Bertz CT molecular complexity index is 453. The molecule has 1 aliphatic heterocycles. The van der Waals surface area contributed by atoms with Crippen molar-refractivity contribution in [3.8, 4) is 0 Å². The van der Waals surface area contributed by atoms with E-state index in [4.69, 9.17) is 5.73 Å². The molecule has 0 saturated carbocycles. The van der Waals surface area contributed by atoms with Gasteiger partial charge in [0.2, 0.25) is 0 Å². The van der Waals surface area contributed by atoms with E-state index in [-0.39, 0.29) is 11.9 Å². The summed E-state index contributed by atoms with van der Waals surface area (Å²) in [5, 5.41) is 0. The van der Waals surface area contributed by atoms with E-state index >= 15 is 0 Å². The van der Waals surface area contributed by atoms with Gasteiger partial charge in [-0.2, -0.15) is 0 Å². The quantitative estimate of drug-likeness (QED) is 0.913. The summed E-state index contributed by atoms with van der Waals surface area (Å²) in [7, 11) is 0. The number of nitrogens with zero attached hydrogens (tertiary/aromatic N) is 1. The summed E-state index contributed by atoms with van der Waals surface area (Å²) < 4.78 is 13.3. The molecule has 0 radical (unpaired) electrons. The summed E-state index contributed by atoms with van der Waals surface area (Å²) in [6.07, 6.45) is 3.77. The number of nitrogens with two attached hydrogens (primary N) is 1. The minimum absolute atomic E-state index is 0.105. The molecule has 1 saturated heterocycles. The second-order valence-electron chi connectivity index (χ2n) is 7.46. The SMILES string of the molecule is CC(C)(C)C1CCCN(CC(N)c2cccc(F)c2)CC1. The lowest BCUT2D eigenvalue weighted by molar-refractivity contribution is 0.205. The maximum absolute atomic E-state index is 13.3. The van der Waals surface area contributed by atoms with Crippen molar-refractivity contribution >= 4 is 0 Å². The van der Waals surface area contributed by atoms with Gasteiger partial charge < -0.3 is 10.6 Å². The monoisotopic (exact) mass is 292 g/mol. The second-order valence-corrected chi connectivity index (χ2v) is 7.46. The van der Waals surface area contributed by atoms with Crippen LogP contribution in [0.3, 0.4) is 0 Å². The molecule has 2 rings (SSSR count). The lowest BCUT2D eigenvalue weighted by atomic mass is 9.77. The fourth-order valence-corrected chi connectivity index (χ4v) is 3.33. The Kier molecular flexibility index (Phi) is 5.39. The molecule has 1 aliphatic rings. The maximum atomic E-state index is 13.3. The van der Waals surface area contributed by atoms with Crippen molar-refractivity contribution in [2.24, 2.45) is 17.1 Å². The summed E-state index contributed by atoms with van der Waals surface area (Å²) in [6.45, 7) is 10.0. The molecule has 2 unspecified atom stereocenters. The number of likely N-dealkylation sites (tertiary alicyclic amines) is 1. The van der Waals surface area contributed by atoms with Crippen LogP contribution in [-0.4, -0.2) is 24.5 Å². The number of benzene rings is 1. The molecule has 0 aromatic heterocycles. The Morgan fingerprint density at radius 3 is 2.71 bits per heavy atom. The van der Waals surface area contributed by atoms with Crippen molar-refractivity contribution < 1.29 is 4.39 Å². The van der Waals surface area contributed by atoms with Gasteiger partial charge in [0, 0.05) is 12.6 Å². The van der Waals surface area contributed by atoms with Crippen LogP contribution in [0.25, 0.3) is 0 Å². The first kappa shape index (κ1) is 16.4. The molecule has 0 aliphatic carbocycles. The lowest BCUT2D eigenvalue weighted by Gasteiger charge is -2.30. The van der Waals surface area contributed by atoms with Crippen LogP contribution in [0.2, 0.25) is 0 Å². The summed E-state index contributed by atoms with van der Waals surface area (Å²) in [6, 6.07) is 6.58. The highest BCUT2D eigenvalue weighted by Gasteiger charge is 2.27. The molecular weight excluding hydrogens is 263 g/mol. The van der Waals surface area contributed by atoms with E-state index in [0.29, 0.717) is 5.41 Å². The molecule has 2 nitrogen and oxygen atoms in total. The van der Waals surface area contributed by atoms with Crippen molar-refractivity contribution in [1.82, 2.24) is 4.90 Å². The van der Waals surface area contributed by atoms with E-state index in [1.54, 1.807) is 12.1 Å². The third kappa shape index (κ3) is 4.79. The third-order valence-electron chi connectivity index (χ3n) is 4.78. The average molecular weight is 292 g/mol. The predicted octanol–water partition coefficient (Wildman–Crippen LogP) is 3.97. The van der Waals surface area contributed by atoms with Gasteiger partial charge in [0.25, 0.3) is 0 Å². The summed E-state index contributed by atoms with van der Waals surface area (Å²) in [4.78, 5) is 2.45. The topological polar surface area (TPSA) is 29.3 Å². The molecule has 21 heavy (non-hydrogen) atoms. The van der Waals surface area contributed by atoms with Crippen molar-refractivity contribution in [1.29, 1.82) is 0 Å². The first-order valence-corrected chi connectivity index (χ1v) is 8.09. The van der Waals surface area contributed by atoms with Crippen molar-refractivity contribution in [2.75, 3.05) is 19.6 Å².